The molecule has 0 amide bonds. The van der Waals surface area contributed by atoms with Crippen LogP contribution < -0.4 is 4.74 Å². The average Bonchev–Trinajstić information content (AvgIpc) is 2.56. The molecule has 0 saturated carbocycles. The van der Waals surface area contributed by atoms with Crippen LogP contribution in [0.4, 0.5) is 8.78 Å². The van der Waals surface area contributed by atoms with Crippen molar-refractivity contribution in [2.24, 2.45) is 0 Å². The van der Waals surface area contributed by atoms with E-state index < -0.39 is 23.2 Å². The predicted molar refractivity (Wildman–Crippen MR) is 85.5 cm³/mol. The van der Waals surface area contributed by atoms with Crippen LogP contribution in [0.3, 0.4) is 0 Å². The number of methoxy groups -OCH3 is 1. The van der Waals surface area contributed by atoms with E-state index in [1.165, 1.54) is 26.2 Å². The van der Waals surface area contributed by atoms with Gasteiger partial charge in [0.05, 0.1) is 7.11 Å². The van der Waals surface area contributed by atoms with Gasteiger partial charge in [0.25, 0.3) is 0 Å². The molecule has 0 saturated heterocycles. The van der Waals surface area contributed by atoms with Crippen molar-refractivity contribution in [3.63, 3.8) is 0 Å². The van der Waals surface area contributed by atoms with Gasteiger partial charge >= 0.3 is 0 Å². The standard InChI is InChI=1S/C18H16F2O4/c1-9-16(22)10(2)18(24-3)15(17(9)23)14(21)7-5-11-4-6-12(19)13(20)8-11/h4-8,22-23H,1-3H3/b7-5+. The maximum absolute atomic E-state index is 13.2. The second-order valence-electron chi connectivity index (χ2n) is 5.23. The number of halogens is 2. The Bertz CT molecular complexity index is 842. The lowest BCUT2D eigenvalue weighted by Crippen LogP contribution is -2.03. The third kappa shape index (κ3) is 3.08. The molecule has 0 aliphatic carbocycles. The average molecular weight is 334 g/mol. The highest BCUT2D eigenvalue weighted by Gasteiger charge is 2.23. The molecule has 4 nitrogen and oxygen atoms in total. The number of rotatable bonds is 4. The summed E-state index contributed by atoms with van der Waals surface area (Å²) in [7, 11) is 1.31. The predicted octanol–water partition coefficient (Wildman–Crippen LogP) is 3.90. The Balaban J connectivity index is 2.46. The van der Waals surface area contributed by atoms with Gasteiger partial charge in [-0.25, -0.2) is 8.78 Å². The molecule has 2 N–H and O–H groups in total. The molecule has 2 aromatic rings. The van der Waals surface area contributed by atoms with Crippen molar-refractivity contribution in [1.29, 1.82) is 0 Å². The van der Waals surface area contributed by atoms with Crippen molar-refractivity contribution in [2.45, 2.75) is 13.8 Å². The molecule has 0 aromatic heterocycles. The second-order valence-corrected chi connectivity index (χ2v) is 5.23. The Morgan fingerprint density at radius 2 is 1.75 bits per heavy atom. The van der Waals surface area contributed by atoms with Gasteiger partial charge in [-0.3, -0.25) is 4.79 Å². The number of phenols is 2. The Labute approximate surface area is 137 Å². The first-order valence-corrected chi connectivity index (χ1v) is 7.04. The lowest BCUT2D eigenvalue weighted by atomic mass is 9.98. The second kappa shape index (κ2) is 6.70. The summed E-state index contributed by atoms with van der Waals surface area (Å²) in [6.07, 6.45) is 2.40. The quantitative estimate of drug-likeness (QED) is 0.657. The van der Waals surface area contributed by atoms with Crippen molar-refractivity contribution >= 4 is 11.9 Å². The number of hydrogen-bond donors (Lipinski definition) is 2. The number of phenolic OH excluding ortho intramolecular Hbond substituents is 2. The van der Waals surface area contributed by atoms with E-state index in [2.05, 4.69) is 0 Å². The van der Waals surface area contributed by atoms with Crippen molar-refractivity contribution in [2.75, 3.05) is 7.11 Å². The van der Waals surface area contributed by atoms with E-state index >= 15 is 0 Å². The normalized spacial score (nSPS) is 11.0. The van der Waals surface area contributed by atoms with Crippen molar-refractivity contribution < 1.29 is 28.5 Å². The third-order valence-corrected chi connectivity index (χ3v) is 3.69. The van der Waals surface area contributed by atoms with Crippen molar-refractivity contribution in [1.82, 2.24) is 0 Å². The largest absolute Gasteiger partial charge is 0.507 e. The number of ether oxygens (including phenoxy) is 1. The molecule has 126 valence electrons. The zero-order valence-electron chi connectivity index (χ0n) is 13.4. The molecule has 2 rings (SSSR count). The van der Waals surface area contributed by atoms with Gasteiger partial charge in [-0.15, -0.1) is 0 Å². The van der Waals surface area contributed by atoms with Crippen LogP contribution in [0.2, 0.25) is 0 Å². The number of ketones is 1. The highest BCUT2D eigenvalue weighted by molar-refractivity contribution is 6.11. The van der Waals surface area contributed by atoms with Gasteiger partial charge in [-0.2, -0.15) is 0 Å². The summed E-state index contributed by atoms with van der Waals surface area (Å²) in [6.45, 7) is 3.02. The van der Waals surface area contributed by atoms with Crippen LogP contribution in [0.25, 0.3) is 6.08 Å². The highest BCUT2D eigenvalue weighted by Crippen LogP contribution is 2.41. The van der Waals surface area contributed by atoms with Gasteiger partial charge in [0.1, 0.15) is 22.8 Å². The molecule has 0 aliphatic heterocycles. The highest BCUT2D eigenvalue weighted by atomic mass is 19.2. The summed E-state index contributed by atoms with van der Waals surface area (Å²) in [5, 5.41) is 20.1. The van der Waals surface area contributed by atoms with Gasteiger partial charge < -0.3 is 14.9 Å². The molecule has 2 aromatic carbocycles. The fraction of sp³-hybridized carbons (Fsp3) is 0.167. The van der Waals surface area contributed by atoms with Crippen molar-refractivity contribution in [3.8, 4) is 17.2 Å². The zero-order valence-corrected chi connectivity index (χ0v) is 13.4. The van der Waals surface area contributed by atoms with Crippen LogP contribution in [-0.4, -0.2) is 23.1 Å². The van der Waals surface area contributed by atoms with Crippen LogP contribution >= 0.6 is 0 Å². The molecule has 6 heteroatoms. The van der Waals surface area contributed by atoms with Gasteiger partial charge in [0.15, 0.2) is 17.4 Å². The van der Waals surface area contributed by atoms with Crippen LogP contribution in [0, 0.1) is 25.5 Å². The minimum Gasteiger partial charge on any atom is -0.507 e. The number of aromatic hydroxyl groups is 2. The minimum absolute atomic E-state index is 0.0514. The molecule has 0 heterocycles. The monoisotopic (exact) mass is 334 g/mol. The van der Waals surface area contributed by atoms with Gasteiger partial charge in [0, 0.05) is 11.1 Å². The van der Waals surface area contributed by atoms with E-state index in [4.69, 9.17) is 4.74 Å². The molecule has 0 fully saturated rings. The fourth-order valence-corrected chi connectivity index (χ4v) is 2.34. The van der Waals surface area contributed by atoms with Crippen LogP contribution in [-0.2, 0) is 0 Å². The first-order valence-electron chi connectivity index (χ1n) is 7.04. The van der Waals surface area contributed by atoms with Gasteiger partial charge in [-0.1, -0.05) is 12.1 Å². The first-order chi connectivity index (χ1) is 11.3. The number of hydrogen-bond acceptors (Lipinski definition) is 4. The molecular formula is C18H16F2O4. The SMILES string of the molecule is COc1c(C)c(O)c(C)c(O)c1C(=O)/C=C/c1ccc(F)c(F)c1. The first kappa shape index (κ1) is 17.5. The van der Waals surface area contributed by atoms with Crippen LogP contribution in [0.5, 0.6) is 17.2 Å². The Hall–Kier alpha value is -2.89. The van der Waals surface area contributed by atoms with E-state index in [1.807, 2.05) is 0 Å². The Morgan fingerprint density at radius 3 is 2.33 bits per heavy atom. The lowest BCUT2D eigenvalue weighted by molar-refractivity contribution is 0.104. The number of carbonyl (C=O) groups is 1. The molecule has 0 atom stereocenters. The van der Waals surface area contributed by atoms with E-state index in [-0.39, 0.29) is 28.2 Å². The lowest BCUT2D eigenvalue weighted by Gasteiger charge is -2.15. The molecule has 0 aliphatic rings. The molecule has 0 unspecified atom stereocenters. The summed E-state index contributed by atoms with van der Waals surface area (Å²) < 4.78 is 31.2. The molecule has 0 spiro atoms. The number of carbonyl (C=O) groups excluding carboxylic acids is 1. The summed E-state index contributed by atoms with van der Waals surface area (Å²) in [6, 6.07) is 3.21. The van der Waals surface area contributed by atoms with Crippen LogP contribution in [0.1, 0.15) is 27.0 Å². The minimum atomic E-state index is -1.03. The van der Waals surface area contributed by atoms with E-state index in [0.717, 1.165) is 18.2 Å². The van der Waals surface area contributed by atoms with Gasteiger partial charge in [0.2, 0.25) is 0 Å². The molecule has 0 radical (unpaired) electrons. The summed E-state index contributed by atoms with van der Waals surface area (Å²) in [5.74, 6) is -3.11. The third-order valence-electron chi connectivity index (χ3n) is 3.69. The van der Waals surface area contributed by atoms with Crippen LogP contribution in [0.15, 0.2) is 24.3 Å². The Kier molecular flexibility index (Phi) is 4.87. The summed E-state index contributed by atoms with van der Waals surface area (Å²) in [4.78, 5) is 12.4. The van der Waals surface area contributed by atoms with E-state index in [1.54, 1.807) is 6.92 Å². The van der Waals surface area contributed by atoms with Gasteiger partial charge in [-0.05, 0) is 37.6 Å². The molecular weight excluding hydrogens is 318 g/mol. The summed E-state index contributed by atoms with van der Waals surface area (Å²) in [5.41, 5.74) is 0.646. The van der Waals surface area contributed by atoms with Crippen molar-refractivity contribution in [3.05, 3.63) is 58.2 Å². The maximum atomic E-state index is 13.2. The number of benzene rings is 2. The summed E-state index contributed by atoms with van der Waals surface area (Å²) >= 11 is 0. The maximum Gasteiger partial charge on any atom is 0.193 e. The topological polar surface area (TPSA) is 66.8 Å². The molecule has 0 bridgehead atoms. The fourth-order valence-electron chi connectivity index (χ4n) is 2.34. The molecule has 24 heavy (non-hydrogen) atoms. The van der Waals surface area contributed by atoms with E-state index in [9.17, 15) is 23.8 Å². The smallest absolute Gasteiger partial charge is 0.193 e. The zero-order chi connectivity index (χ0) is 18.0. The number of allylic oxidation sites excluding steroid dienone is 1. The van der Waals surface area contributed by atoms with E-state index in [0.29, 0.717) is 5.56 Å². The Morgan fingerprint density at radius 1 is 1.08 bits per heavy atom.